The summed E-state index contributed by atoms with van der Waals surface area (Å²) in [5, 5.41) is 0. The molecule has 0 spiro atoms. The summed E-state index contributed by atoms with van der Waals surface area (Å²) in [6, 6.07) is 5.64. The molecule has 2 rings (SSSR count). The van der Waals surface area contributed by atoms with E-state index < -0.39 is 0 Å². The fraction of sp³-hybridized carbons (Fsp3) is 0.250. The van der Waals surface area contributed by atoms with E-state index in [9.17, 15) is 9.18 Å². The zero-order valence-corrected chi connectivity index (χ0v) is 11.2. The van der Waals surface area contributed by atoms with Crippen molar-refractivity contribution in [3.05, 3.63) is 48.0 Å². The number of Topliss-reactive ketones (excluding diaryl/α,β-unsaturated/α-hetero) is 1. The molecule has 0 aromatic heterocycles. The molecule has 0 unspecified atom stereocenters. The number of hydrogen-bond acceptors (Lipinski definition) is 3. The second kappa shape index (κ2) is 5.82. The standard InChI is InChI=1S/C12H13FN2O.BrH/c1-14-6-7-15(9-14)8-12(16)10-2-4-11(13)5-3-10;/h2-7H,8-9H2,1H3;1H. The fourth-order valence-corrected chi connectivity index (χ4v) is 1.60. The molecule has 0 saturated heterocycles. The molecule has 0 amide bonds. The minimum atomic E-state index is -0.322. The molecule has 0 aliphatic carbocycles. The van der Waals surface area contributed by atoms with Crippen LogP contribution >= 0.6 is 17.0 Å². The number of halogens is 2. The molecule has 0 saturated carbocycles. The normalized spacial score (nSPS) is 13.8. The monoisotopic (exact) mass is 300 g/mol. The van der Waals surface area contributed by atoms with Gasteiger partial charge in [0.05, 0.1) is 13.2 Å². The maximum absolute atomic E-state index is 12.7. The molecule has 0 bridgehead atoms. The SMILES string of the molecule is Br.CN1C=CN(CC(=O)c2ccc(F)cc2)C1. The van der Waals surface area contributed by atoms with Crippen molar-refractivity contribution in [3.63, 3.8) is 0 Å². The molecule has 1 heterocycles. The second-order valence-corrected chi connectivity index (χ2v) is 3.87. The van der Waals surface area contributed by atoms with Gasteiger partial charge in [-0.1, -0.05) is 0 Å². The van der Waals surface area contributed by atoms with Gasteiger partial charge in [-0.05, 0) is 24.3 Å². The van der Waals surface area contributed by atoms with E-state index in [1.807, 2.05) is 29.2 Å². The Morgan fingerprint density at radius 1 is 1.29 bits per heavy atom. The van der Waals surface area contributed by atoms with Gasteiger partial charge in [0.15, 0.2) is 5.78 Å². The Balaban J connectivity index is 0.00000144. The molecular weight excluding hydrogens is 287 g/mol. The number of ketones is 1. The molecule has 1 aromatic carbocycles. The van der Waals surface area contributed by atoms with Crippen molar-refractivity contribution in [1.29, 1.82) is 0 Å². The highest BCUT2D eigenvalue weighted by atomic mass is 79.9. The van der Waals surface area contributed by atoms with Crippen LogP contribution in [0.25, 0.3) is 0 Å². The maximum Gasteiger partial charge on any atom is 0.182 e. The number of carbonyl (C=O) groups excluding carboxylic acids is 1. The van der Waals surface area contributed by atoms with Gasteiger partial charge in [0.1, 0.15) is 5.82 Å². The minimum absolute atomic E-state index is 0. The van der Waals surface area contributed by atoms with Gasteiger partial charge in [-0.2, -0.15) is 0 Å². The average Bonchev–Trinajstić information content (AvgIpc) is 2.65. The Bertz CT molecular complexity index is 419. The van der Waals surface area contributed by atoms with Crippen LogP contribution in [0.1, 0.15) is 10.4 Å². The highest BCUT2D eigenvalue weighted by Gasteiger charge is 2.13. The molecule has 3 nitrogen and oxygen atoms in total. The summed E-state index contributed by atoms with van der Waals surface area (Å²) >= 11 is 0. The lowest BCUT2D eigenvalue weighted by Gasteiger charge is -2.17. The van der Waals surface area contributed by atoms with E-state index in [-0.39, 0.29) is 28.6 Å². The van der Waals surface area contributed by atoms with E-state index in [4.69, 9.17) is 0 Å². The molecule has 0 fully saturated rings. The van der Waals surface area contributed by atoms with Crippen LogP contribution in [-0.4, -0.2) is 35.8 Å². The molecule has 5 heteroatoms. The predicted octanol–water partition coefficient (Wildman–Crippen LogP) is 2.26. The first-order valence-electron chi connectivity index (χ1n) is 5.06. The van der Waals surface area contributed by atoms with Gasteiger partial charge in [0.2, 0.25) is 0 Å². The molecule has 92 valence electrons. The van der Waals surface area contributed by atoms with Gasteiger partial charge in [0.25, 0.3) is 0 Å². The van der Waals surface area contributed by atoms with E-state index >= 15 is 0 Å². The van der Waals surface area contributed by atoms with E-state index in [1.54, 1.807) is 0 Å². The highest BCUT2D eigenvalue weighted by Crippen LogP contribution is 2.08. The predicted molar refractivity (Wildman–Crippen MR) is 69.5 cm³/mol. The van der Waals surface area contributed by atoms with Crippen LogP contribution in [0.15, 0.2) is 36.7 Å². The molecule has 0 radical (unpaired) electrons. The first-order chi connectivity index (χ1) is 7.65. The van der Waals surface area contributed by atoms with Crippen molar-refractivity contribution in [2.75, 3.05) is 20.3 Å². The van der Waals surface area contributed by atoms with Gasteiger partial charge in [-0.15, -0.1) is 17.0 Å². The van der Waals surface area contributed by atoms with Crippen molar-refractivity contribution >= 4 is 22.8 Å². The quantitative estimate of drug-likeness (QED) is 0.800. The number of hydrogen-bond donors (Lipinski definition) is 0. The first-order valence-corrected chi connectivity index (χ1v) is 5.06. The number of carbonyl (C=O) groups is 1. The Hall–Kier alpha value is -1.36. The summed E-state index contributed by atoms with van der Waals surface area (Å²) in [5.74, 6) is -0.322. The van der Waals surface area contributed by atoms with Gasteiger partial charge < -0.3 is 9.80 Å². The van der Waals surface area contributed by atoms with E-state index in [1.165, 1.54) is 24.3 Å². The van der Waals surface area contributed by atoms with Gasteiger partial charge in [-0.3, -0.25) is 4.79 Å². The smallest absolute Gasteiger partial charge is 0.182 e. The fourth-order valence-electron chi connectivity index (χ4n) is 1.60. The lowest BCUT2D eigenvalue weighted by atomic mass is 10.1. The molecule has 0 N–H and O–H groups in total. The Labute approximate surface area is 110 Å². The third-order valence-corrected chi connectivity index (χ3v) is 2.45. The van der Waals surface area contributed by atoms with Gasteiger partial charge >= 0.3 is 0 Å². The summed E-state index contributed by atoms with van der Waals surface area (Å²) in [4.78, 5) is 15.7. The van der Waals surface area contributed by atoms with Crippen molar-refractivity contribution in [2.45, 2.75) is 0 Å². The molecule has 17 heavy (non-hydrogen) atoms. The summed E-state index contributed by atoms with van der Waals surface area (Å²) < 4.78 is 12.7. The zero-order valence-electron chi connectivity index (χ0n) is 9.47. The topological polar surface area (TPSA) is 23.6 Å². The third kappa shape index (κ3) is 3.56. The van der Waals surface area contributed by atoms with E-state index in [0.29, 0.717) is 18.8 Å². The zero-order chi connectivity index (χ0) is 11.5. The van der Waals surface area contributed by atoms with Gasteiger partial charge in [0, 0.05) is 25.0 Å². The molecular formula is C12H14BrFN2O. The van der Waals surface area contributed by atoms with Crippen LogP contribution in [-0.2, 0) is 0 Å². The lowest BCUT2D eigenvalue weighted by Crippen LogP contribution is -2.27. The third-order valence-electron chi connectivity index (χ3n) is 2.45. The lowest BCUT2D eigenvalue weighted by molar-refractivity contribution is 0.0948. The van der Waals surface area contributed by atoms with Crippen LogP contribution in [0.4, 0.5) is 4.39 Å². The van der Waals surface area contributed by atoms with Crippen LogP contribution in [0.2, 0.25) is 0 Å². The number of nitrogens with zero attached hydrogens (tertiary/aromatic N) is 2. The summed E-state index contributed by atoms with van der Waals surface area (Å²) in [7, 11) is 1.94. The van der Waals surface area contributed by atoms with Crippen molar-refractivity contribution in [3.8, 4) is 0 Å². The molecule has 1 aliphatic rings. The number of benzene rings is 1. The van der Waals surface area contributed by atoms with Crippen molar-refractivity contribution in [2.24, 2.45) is 0 Å². The second-order valence-electron chi connectivity index (χ2n) is 3.87. The maximum atomic E-state index is 12.7. The van der Waals surface area contributed by atoms with Crippen LogP contribution in [0.3, 0.4) is 0 Å². The minimum Gasteiger partial charge on any atom is -0.362 e. The molecule has 0 atom stereocenters. The summed E-state index contributed by atoms with van der Waals surface area (Å²) in [6.07, 6.45) is 3.79. The van der Waals surface area contributed by atoms with Crippen LogP contribution in [0, 0.1) is 5.82 Å². The number of rotatable bonds is 3. The highest BCUT2D eigenvalue weighted by molar-refractivity contribution is 8.93. The van der Waals surface area contributed by atoms with Crippen LogP contribution < -0.4 is 0 Å². The molecule has 1 aliphatic heterocycles. The average molecular weight is 301 g/mol. The van der Waals surface area contributed by atoms with Crippen LogP contribution in [0.5, 0.6) is 0 Å². The summed E-state index contributed by atoms with van der Waals surface area (Å²) in [5.41, 5.74) is 0.546. The van der Waals surface area contributed by atoms with Gasteiger partial charge in [-0.25, -0.2) is 4.39 Å². The van der Waals surface area contributed by atoms with Crippen molar-refractivity contribution in [1.82, 2.24) is 9.80 Å². The Kier molecular flexibility index (Phi) is 4.69. The Morgan fingerprint density at radius 3 is 2.47 bits per heavy atom. The largest absolute Gasteiger partial charge is 0.362 e. The first kappa shape index (κ1) is 13.7. The molecule has 1 aromatic rings. The van der Waals surface area contributed by atoms with Crippen molar-refractivity contribution < 1.29 is 9.18 Å². The van der Waals surface area contributed by atoms with E-state index in [0.717, 1.165) is 0 Å². The van der Waals surface area contributed by atoms with E-state index in [2.05, 4.69) is 0 Å². The Morgan fingerprint density at radius 2 is 1.94 bits per heavy atom. The summed E-state index contributed by atoms with van der Waals surface area (Å²) in [6.45, 7) is 1.04.